The Balaban J connectivity index is 1.43. The molecule has 2 aliphatic rings. The SMILES string of the molecule is C/C(=N\Nc1nc(N2CCCC2)nc(N2CCOCC2)n1)c1c[nH]c2ccccc12. The second-order valence-corrected chi connectivity index (χ2v) is 7.61. The number of H-pyrrole nitrogens is 1. The van der Waals surface area contributed by atoms with Crippen LogP contribution < -0.4 is 15.2 Å². The van der Waals surface area contributed by atoms with Crippen molar-refractivity contribution in [1.29, 1.82) is 0 Å². The van der Waals surface area contributed by atoms with Crippen LogP contribution in [0.2, 0.25) is 0 Å². The molecule has 4 heterocycles. The Morgan fingerprint density at radius 2 is 1.70 bits per heavy atom. The first-order valence-corrected chi connectivity index (χ1v) is 10.5. The molecule has 30 heavy (non-hydrogen) atoms. The molecule has 3 aromatic rings. The van der Waals surface area contributed by atoms with E-state index in [0.29, 0.717) is 31.1 Å². The number of morpholine rings is 1. The van der Waals surface area contributed by atoms with E-state index in [4.69, 9.17) is 9.72 Å². The van der Waals surface area contributed by atoms with Crippen molar-refractivity contribution in [2.45, 2.75) is 19.8 Å². The maximum Gasteiger partial charge on any atom is 0.250 e. The van der Waals surface area contributed by atoms with Gasteiger partial charge in [-0.3, -0.25) is 0 Å². The third kappa shape index (κ3) is 3.80. The summed E-state index contributed by atoms with van der Waals surface area (Å²) in [5, 5.41) is 5.71. The first kappa shape index (κ1) is 18.8. The van der Waals surface area contributed by atoms with E-state index in [2.05, 4.69) is 47.4 Å². The molecule has 0 unspecified atom stereocenters. The number of hydrazone groups is 1. The summed E-state index contributed by atoms with van der Waals surface area (Å²) in [4.78, 5) is 21.7. The molecule has 0 aliphatic carbocycles. The molecule has 9 heteroatoms. The van der Waals surface area contributed by atoms with Crippen LogP contribution in [0.25, 0.3) is 10.9 Å². The van der Waals surface area contributed by atoms with Gasteiger partial charge in [0.1, 0.15) is 0 Å². The molecule has 0 spiro atoms. The second-order valence-electron chi connectivity index (χ2n) is 7.61. The van der Waals surface area contributed by atoms with Crippen LogP contribution in [0.1, 0.15) is 25.3 Å². The molecular weight excluding hydrogens is 380 g/mol. The molecule has 2 N–H and O–H groups in total. The minimum absolute atomic E-state index is 0.465. The van der Waals surface area contributed by atoms with Gasteiger partial charge in [0.15, 0.2) is 0 Å². The van der Waals surface area contributed by atoms with Crippen LogP contribution in [0.5, 0.6) is 0 Å². The van der Waals surface area contributed by atoms with Crippen molar-refractivity contribution in [2.75, 3.05) is 54.6 Å². The summed E-state index contributed by atoms with van der Waals surface area (Å²) in [7, 11) is 0. The van der Waals surface area contributed by atoms with Gasteiger partial charge >= 0.3 is 0 Å². The fraction of sp³-hybridized carbons (Fsp3) is 0.429. The number of nitrogens with zero attached hydrogens (tertiary/aromatic N) is 6. The molecule has 2 saturated heterocycles. The maximum absolute atomic E-state index is 5.47. The minimum Gasteiger partial charge on any atom is -0.378 e. The molecule has 5 rings (SSSR count). The van der Waals surface area contributed by atoms with Crippen LogP contribution in [-0.2, 0) is 4.74 Å². The van der Waals surface area contributed by atoms with Gasteiger partial charge in [0, 0.05) is 48.8 Å². The molecule has 0 bridgehead atoms. The summed E-state index contributed by atoms with van der Waals surface area (Å²) in [5.74, 6) is 1.86. The Labute approximate surface area is 175 Å². The Morgan fingerprint density at radius 1 is 1.00 bits per heavy atom. The zero-order valence-corrected chi connectivity index (χ0v) is 17.1. The number of nitrogens with one attached hydrogen (secondary N) is 2. The maximum atomic E-state index is 5.47. The smallest absolute Gasteiger partial charge is 0.250 e. The number of fused-ring (bicyclic) bond motifs is 1. The van der Waals surface area contributed by atoms with Gasteiger partial charge in [0.25, 0.3) is 0 Å². The lowest BCUT2D eigenvalue weighted by atomic mass is 10.1. The lowest BCUT2D eigenvalue weighted by Gasteiger charge is -2.27. The summed E-state index contributed by atoms with van der Waals surface area (Å²) in [6, 6.07) is 8.20. The van der Waals surface area contributed by atoms with Crippen molar-refractivity contribution < 1.29 is 4.74 Å². The van der Waals surface area contributed by atoms with Crippen molar-refractivity contribution in [3.63, 3.8) is 0 Å². The zero-order valence-electron chi connectivity index (χ0n) is 17.1. The highest BCUT2D eigenvalue weighted by atomic mass is 16.5. The minimum atomic E-state index is 0.465. The Kier molecular flexibility index (Phi) is 5.18. The average Bonchev–Trinajstić information content (AvgIpc) is 3.48. The Bertz CT molecular complexity index is 1050. The molecule has 2 fully saturated rings. The number of anilines is 3. The standard InChI is InChI=1S/C21H26N8O/c1-15(17-14-22-18-7-3-2-6-16(17)18)26-27-19-23-20(28-8-4-5-9-28)25-21(24-19)29-10-12-30-13-11-29/h2-3,6-7,14,22H,4-5,8-13H2,1H3,(H,23,24,25,27)/b26-15+. The summed E-state index contributed by atoms with van der Waals surface area (Å²) in [6.45, 7) is 6.86. The fourth-order valence-electron chi connectivity index (χ4n) is 3.93. The topological polar surface area (TPSA) is 94.6 Å². The molecule has 0 amide bonds. The van der Waals surface area contributed by atoms with Gasteiger partial charge in [-0.05, 0) is 25.8 Å². The molecule has 1 aromatic carbocycles. The number of para-hydroxylation sites is 1. The number of aromatic nitrogens is 4. The van der Waals surface area contributed by atoms with E-state index in [0.717, 1.165) is 48.4 Å². The quantitative estimate of drug-likeness (QED) is 0.497. The van der Waals surface area contributed by atoms with Crippen molar-refractivity contribution in [2.24, 2.45) is 5.10 Å². The van der Waals surface area contributed by atoms with E-state index in [1.165, 1.54) is 12.8 Å². The van der Waals surface area contributed by atoms with Crippen LogP contribution >= 0.6 is 0 Å². The molecule has 0 atom stereocenters. The summed E-state index contributed by atoms with van der Waals surface area (Å²) >= 11 is 0. The third-order valence-corrected chi connectivity index (χ3v) is 5.60. The van der Waals surface area contributed by atoms with E-state index >= 15 is 0 Å². The normalized spacial score (nSPS) is 17.7. The highest BCUT2D eigenvalue weighted by Gasteiger charge is 2.21. The van der Waals surface area contributed by atoms with Crippen LogP contribution in [0.4, 0.5) is 17.8 Å². The third-order valence-electron chi connectivity index (χ3n) is 5.60. The van der Waals surface area contributed by atoms with Crippen molar-refractivity contribution in [1.82, 2.24) is 19.9 Å². The number of rotatable bonds is 5. The van der Waals surface area contributed by atoms with E-state index in [1.807, 2.05) is 25.3 Å². The Hall–Kier alpha value is -3.20. The van der Waals surface area contributed by atoms with Crippen molar-refractivity contribution >= 4 is 34.5 Å². The van der Waals surface area contributed by atoms with Crippen molar-refractivity contribution in [3.05, 3.63) is 36.0 Å². The molecular formula is C21H26N8O. The van der Waals surface area contributed by atoms with Gasteiger partial charge in [-0.2, -0.15) is 20.1 Å². The molecule has 2 aromatic heterocycles. The number of hydrogen-bond donors (Lipinski definition) is 2. The highest BCUT2D eigenvalue weighted by Crippen LogP contribution is 2.22. The van der Waals surface area contributed by atoms with Gasteiger partial charge in [0.2, 0.25) is 17.8 Å². The first-order valence-electron chi connectivity index (χ1n) is 10.5. The molecule has 0 radical (unpaired) electrons. The summed E-state index contributed by atoms with van der Waals surface area (Å²) in [6.07, 6.45) is 4.31. The lowest BCUT2D eigenvalue weighted by molar-refractivity contribution is 0.122. The number of benzene rings is 1. The Morgan fingerprint density at radius 3 is 2.47 bits per heavy atom. The van der Waals surface area contributed by atoms with Gasteiger partial charge in [-0.25, -0.2) is 5.43 Å². The van der Waals surface area contributed by atoms with Gasteiger partial charge in [-0.1, -0.05) is 18.2 Å². The number of ether oxygens (including phenoxy) is 1. The van der Waals surface area contributed by atoms with E-state index in [9.17, 15) is 0 Å². The summed E-state index contributed by atoms with van der Waals surface area (Å²) < 4.78 is 5.47. The average molecular weight is 406 g/mol. The molecule has 0 saturated carbocycles. The van der Waals surface area contributed by atoms with Crippen LogP contribution in [0.3, 0.4) is 0 Å². The monoisotopic (exact) mass is 406 g/mol. The number of hydrogen-bond acceptors (Lipinski definition) is 8. The van der Waals surface area contributed by atoms with Crippen molar-refractivity contribution in [3.8, 4) is 0 Å². The molecule has 9 nitrogen and oxygen atoms in total. The van der Waals surface area contributed by atoms with E-state index < -0.39 is 0 Å². The van der Waals surface area contributed by atoms with Gasteiger partial charge < -0.3 is 19.5 Å². The van der Waals surface area contributed by atoms with Crippen LogP contribution in [0, 0.1) is 0 Å². The van der Waals surface area contributed by atoms with Crippen LogP contribution in [-0.4, -0.2) is 65.0 Å². The first-order chi connectivity index (χ1) is 14.8. The zero-order chi connectivity index (χ0) is 20.3. The number of aromatic amines is 1. The van der Waals surface area contributed by atoms with E-state index in [1.54, 1.807) is 0 Å². The predicted molar refractivity (Wildman–Crippen MR) is 118 cm³/mol. The molecule has 2 aliphatic heterocycles. The largest absolute Gasteiger partial charge is 0.378 e. The van der Waals surface area contributed by atoms with E-state index in [-0.39, 0.29) is 0 Å². The predicted octanol–water partition coefficient (Wildman–Crippen LogP) is 2.63. The summed E-state index contributed by atoms with van der Waals surface area (Å²) in [5.41, 5.74) is 6.08. The second kappa shape index (κ2) is 8.27. The lowest BCUT2D eigenvalue weighted by Crippen LogP contribution is -2.38. The van der Waals surface area contributed by atoms with Gasteiger partial charge in [-0.15, -0.1) is 0 Å². The van der Waals surface area contributed by atoms with Gasteiger partial charge in [0.05, 0.1) is 18.9 Å². The molecule has 156 valence electrons. The highest BCUT2D eigenvalue weighted by molar-refractivity contribution is 6.09. The van der Waals surface area contributed by atoms with Crippen LogP contribution in [0.15, 0.2) is 35.6 Å². The fourth-order valence-corrected chi connectivity index (χ4v) is 3.93.